The van der Waals surface area contributed by atoms with Crippen LogP contribution in [0.5, 0.6) is 11.5 Å². The zero-order valence-electron chi connectivity index (χ0n) is 13.9. The van der Waals surface area contributed by atoms with E-state index in [0.29, 0.717) is 11.3 Å². The average molecular weight is 358 g/mol. The zero-order valence-corrected chi connectivity index (χ0v) is 13.9. The third kappa shape index (κ3) is 2.91. The predicted molar refractivity (Wildman–Crippen MR) is 91.3 cm³/mol. The number of rotatable bonds is 2. The highest BCUT2D eigenvalue weighted by atomic mass is 16.5. The Morgan fingerprint density at radius 1 is 1.11 bits per heavy atom. The Kier molecular flexibility index (Phi) is 4.47. The molecule has 0 fully saturated rings. The average Bonchev–Trinajstić information content (AvgIpc) is 2.71. The number of anilines is 1. The number of hydrogen-bond acceptors (Lipinski definition) is 7. The van der Waals surface area contributed by atoms with Gasteiger partial charge in [0.2, 0.25) is 5.76 Å². The molecule has 0 bridgehead atoms. The molecule has 0 radical (unpaired) electrons. The van der Waals surface area contributed by atoms with Crippen LogP contribution < -0.4 is 14.5 Å². The second-order valence-corrected chi connectivity index (χ2v) is 5.35. The van der Waals surface area contributed by atoms with E-state index in [1.54, 1.807) is 24.3 Å². The largest absolute Gasteiger partial charge is 0.497 e. The van der Waals surface area contributed by atoms with Crippen LogP contribution in [-0.4, -0.2) is 18.2 Å². The van der Waals surface area contributed by atoms with Gasteiger partial charge in [-0.1, -0.05) is 0 Å². The Hall–Kier alpha value is -4.32. The molecule has 2 aromatic rings. The summed E-state index contributed by atoms with van der Waals surface area (Å²) in [4.78, 5) is 12.5. The molecule has 1 aliphatic heterocycles. The number of hydroxylamine groups is 1. The Balaban J connectivity index is 2.17. The first-order valence-corrected chi connectivity index (χ1v) is 7.52. The maximum Gasteiger partial charge on any atom is 0.319 e. The van der Waals surface area contributed by atoms with E-state index in [-0.39, 0.29) is 33.2 Å². The highest BCUT2D eigenvalue weighted by Crippen LogP contribution is 2.38. The molecule has 0 atom stereocenters. The summed E-state index contributed by atoms with van der Waals surface area (Å²) in [6.45, 7) is 0. The fraction of sp³-hybridized carbons (Fsp3) is 0.0526. The first-order valence-electron chi connectivity index (χ1n) is 7.52. The van der Waals surface area contributed by atoms with E-state index >= 15 is 0 Å². The summed E-state index contributed by atoms with van der Waals surface area (Å²) in [5, 5.41) is 38.2. The van der Waals surface area contributed by atoms with Gasteiger partial charge in [-0.25, -0.2) is 0 Å². The van der Waals surface area contributed by atoms with E-state index in [1.165, 1.54) is 19.2 Å². The number of hydrogen-bond donors (Lipinski definition) is 1. The normalized spacial score (nSPS) is 14.2. The van der Waals surface area contributed by atoms with Crippen LogP contribution in [0.2, 0.25) is 0 Å². The van der Waals surface area contributed by atoms with Gasteiger partial charge in [0.15, 0.2) is 5.75 Å². The minimum atomic E-state index is -0.969. The molecule has 0 saturated carbocycles. The lowest BCUT2D eigenvalue weighted by atomic mass is 10.0. The van der Waals surface area contributed by atoms with Gasteiger partial charge in [-0.05, 0) is 35.9 Å². The van der Waals surface area contributed by atoms with Gasteiger partial charge in [0.05, 0.1) is 18.2 Å². The molecule has 2 aromatic carbocycles. The predicted octanol–water partition coefficient (Wildman–Crippen LogP) is 2.49. The van der Waals surface area contributed by atoms with Crippen LogP contribution in [0.3, 0.4) is 0 Å². The number of allylic oxidation sites excluding steroid dienone is 1. The van der Waals surface area contributed by atoms with Crippen molar-refractivity contribution in [3.05, 3.63) is 58.8 Å². The number of carbonyl (C=O) groups excluding carboxylic acids is 1. The van der Waals surface area contributed by atoms with Crippen LogP contribution in [0.4, 0.5) is 5.69 Å². The number of methoxy groups -OCH3 is 1. The number of fused-ring (bicyclic) bond motifs is 1. The van der Waals surface area contributed by atoms with Gasteiger partial charge in [-0.15, -0.1) is 0 Å². The van der Waals surface area contributed by atoms with Crippen LogP contribution in [0.15, 0.2) is 42.2 Å². The molecule has 8 nitrogen and oxygen atoms in total. The lowest BCUT2D eigenvalue weighted by Crippen LogP contribution is -2.35. The molecule has 0 aromatic heterocycles. The van der Waals surface area contributed by atoms with E-state index in [2.05, 4.69) is 0 Å². The van der Waals surface area contributed by atoms with Crippen molar-refractivity contribution < 1.29 is 19.5 Å². The van der Waals surface area contributed by atoms with Crippen molar-refractivity contribution in [1.29, 1.82) is 15.8 Å². The Morgan fingerprint density at radius 2 is 1.74 bits per heavy atom. The van der Waals surface area contributed by atoms with E-state index in [1.807, 2.05) is 18.2 Å². The van der Waals surface area contributed by atoms with Crippen molar-refractivity contribution in [3.8, 4) is 29.7 Å². The number of benzene rings is 2. The van der Waals surface area contributed by atoms with Gasteiger partial charge in [0, 0.05) is 6.07 Å². The highest BCUT2D eigenvalue weighted by Gasteiger charge is 2.33. The molecule has 0 spiro atoms. The summed E-state index contributed by atoms with van der Waals surface area (Å²) < 4.78 is 10.6. The third-order valence-electron chi connectivity index (χ3n) is 3.88. The summed E-state index contributed by atoms with van der Waals surface area (Å²) in [7, 11) is 1.50. The van der Waals surface area contributed by atoms with E-state index in [0.717, 1.165) is 0 Å². The van der Waals surface area contributed by atoms with Crippen molar-refractivity contribution in [2.24, 2.45) is 0 Å². The van der Waals surface area contributed by atoms with Crippen molar-refractivity contribution in [2.75, 3.05) is 12.2 Å². The number of carbonyl (C=O) groups is 1. The SMILES string of the molecule is COc1ccc(C(C#N)=C2Oc3cc(C#N)c(C#N)cc3N(O)C2=O)cc1. The molecule has 130 valence electrons. The van der Waals surface area contributed by atoms with Crippen LogP contribution in [0, 0.1) is 34.0 Å². The Labute approximate surface area is 153 Å². The first-order chi connectivity index (χ1) is 13.0. The standard InChI is InChI=1S/C19H10N4O4/c1-26-14-4-2-11(3-5-14)15(10-22)18-19(24)23(25)16-6-12(8-20)13(9-21)7-17(16)27-18/h2-7,25H,1H3. The molecule has 0 unspecified atom stereocenters. The fourth-order valence-electron chi connectivity index (χ4n) is 2.52. The lowest BCUT2D eigenvalue weighted by Gasteiger charge is -2.26. The van der Waals surface area contributed by atoms with Gasteiger partial charge < -0.3 is 9.47 Å². The van der Waals surface area contributed by atoms with Crippen LogP contribution in [-0.2, 0) is 4.79 Å². The molecule has 1 N–H and O–H groups in total. The van der Waals surface area contributed by atoms with Crippen LogP contribution >= 0.6 is 0 Å². The maximum atomic E-state index is 12.5. The lowest BCUT2D eigenvalue weighted by molar-refractivity contribution is -0.122. The molecule has 3 rings (SSSR count). The van der Waals surface area contributed by atoms with Gasteiger partial charge in [-0.3, -0.25) is 10.0 Å². The summed E-state index contributed by atoms with van der Waals surface area (Å²) in [5.41, 5.74) is 0.185. The van der Waals surface area contributed by atoms with Crippen molar-refractivity contribution in [2.45, 2.75) is 0 Å². The third-order valence-corrected chi connectivity index (χ3v) is 3.88. The molecule has 0 aliphatic carbocycles. The molecule has 1 amide bonds. The molecular weight excluding hydrogens is 348 g/mol. The summed E-state index contributed by atoms with van der Waals surface area (Å²) >= 11 is 0. The molecular formula is C19H10N4O4. The van der Waals surface area contributed by atoms with E-state index < -0.39 is 11.7 Å². The van der Waals surface area contributed by atoms with Gasteiger partial charge >= 0.3 is 5.91 Å². The molecule has 1 heterocycles. The molecule has 27 heavy (non-hydrogen) atoms. The van der Waals surface area contributed by atoms with Gasteiger partial charge in [0.25, 0.3) is 0 Å². The smallest absolute Gasteiger partial charge is 0.319 e. The topological polar surface area (TPSA) is 130 Å². The maximum absolute atomic E-state index is 12.5. The van der Waals surface area contributed by atoms with E-state index in [9.17, 15) is 15.3 Å². The summed E-state index contributed by atoms with van der Waals surface area (Å²) in [6, 6.07) is 14.3. The number of nitriles is 3. The van der Waals surface area contributed by atoms with Crippen LogP contribution in [0.25, 0.3) is 5.57 Å². The fourth-order valence-corrected chi connectivity index (χ4v) is 2.52. The summed E-state index contributed by atoms with van der Waals surface area (Å²) in [5.74, 6) is -0.826. The second-order valence-electron chi connectivity index (χ2n) is 5.35. The molecule has 8 heteroatoms. The van der Waals surface area contributed by atoms with Crippen molar-refractivity contribution in [1.82, 2.24) is 0 Å². The van der Waals surface area contributed by atoms with Crippen LogP contribution in [0.1, 0.15) is 16.7 Å². The zero-order chi connectivity index (χ0) is 19.6. The van der Waals surface area contributed by atoms with Gasteiger partial charge in [0.1, 0.15) is 35.2 Å². The quantitative estimate of drug-likeness (QED) is 0.496. The summed E-state index contributed by atoms with van der Waals surface area (Å²) in [6.07, 6.45) is 0. The minimum absolute atomic E-state index is 0.0151. The monoisotopic (exact) mass is 358 g/mol. The van der Waals surface area contributed by atoms with E-state index in [4.69, 9.17) is 20.0 Å². The highest BCUT2D eigenvalue weighted by molar-refractivity contribution is 6.12. The second kappa shape index (κ2) is 6.89. The number of ether oxygens (including phenoxy) is 2. The van der Waals surface area contributed by atoms with Crippen molar-refractivity contribution >= 4 is 17.2 Å². The molecule has 1 aliphatic rings. The number of amides is 1. The number of nitrogens with zero attached hydrogens (tertiary/aromatic N) is 4. The Morgan fingerprint density at radius 3 is 2.30 bits per heavy atom. The first kappa shape index (κ1) is 17.5. The van der Waals surface area contributed by atoms with Gasteiger partial charge in [-0.2, -0.15) is 20.8 Å². The van der Waals surface area contributed by atoms with Crippen molar-refractivity contribution in [3.63, 3.8) is 0 Å². The Bertz CT molecular complexity index is 1100. The molecule has 0 saturated heterocycles. The minimum Gasteiger partial charge on any atom is -0.497 e.